The van der Waals surface area contributed by atoms with Crippen molar-refractivity contribution in [2.45, 2.75) is 26.2 Å². The molecular weight excluding hydrogens is 231 g/mol. The van der Waals surface area contributed by atoms with Gasteiger partial charge in [0.25, 0.3) is 0 Å². The molecule has 0 aliphatic heterocycles. The van der Waals surface area contributed by atoms with Crippen LogP contribution in [0.3, 0.4) is 0 Å². The Hall–Kier alpha value is -0.370. The largest absolute Gasteiger partial charge is 0.207 e. The minimum Gasteiger partial charge on any atom is -0.207 e. The van der Waals surface area contributed by atoms with Crippen LogP contribution in [0.5, 0.6) is 0 Å². The van der Waals surface area contributed by atoms with Crippen molar-refractivity contribution in [1.29, 1.82) is 0 Å². The van der Waals surface area contributed by atoms with E-state index in [4.69, 9.17) is 0 Å². The van der Waals surface area contributed by atoms with Crippen LogP contribution in [0.2, 0.25) is 0 Å². The average Bonchev–Trinajstić information content (AvgIpc) is 2.17. The molecule has 0 aliphatic carbocycles. The van der Waals surface area contributed by atoms with E-state index in [1.165, 1.54) is 36.7 Å². The lowest BCUT2D eigenvalue weighted by molar-refractivity contribution is 0.628. The predicted molar refractivity (Wildman–Crippen MR) is 59.7 cm³/mol. The van der Waals surface area contributed by atoms with Gasteiger partial charge in [-0.1, -0.05) is 53.9 Å². The fraction of sp³-hybridized carbons (Fsp3) is 0.455. The molecule has 13 heavy (non-hydrogen) atoms. The van der Waals surface area contributed by atoms with Crippen molar-refractivity contribution in [1.82, 2.24) is 0 Å². The van der Waals surface area contributed by atoms with Crippen molar-refractivity contribution in [3.8, 4) is 0 Å². The first-order chi connectivity index (χ1) is 6.31. The Bertz CT molecular complexity index is 183. The summed E-state index contributed by atoms with van der Waals surface area (Å²) in [6.45, 7) is 2.21. The molecule has 0 saturated carbocycles. The molecule has 0 fully saturated rings. The molecule has 74 valence electrons. The molecule has 0 atom stereocenters. The van der Waals surface area contributed by atoms with Gasteiger partial charge in [0.2, 0.25) is 0 Å². The molecule has 0 bridgehead atoms. The van der Waals surface area contributed by atoms with Crippen LogP contribution in [-0.2, 0) is 0 Å². The second-order valence-electron chi connectivity index (χ2n) is 2.69. The number of alkyl halides is 1. The van der Waals surface area contributed by atoms with Gasteiger partial charge in [-0.3, -0.25) is 0 Å². The van der Waals surface area contributed by atoms with Gasteiger partial charge in [-0.2, -0.15) is 0 Å². The van der Waals surface area contributed by atoms with Gasteiger partial charge in [-0.05, 0) is 18.6 Å². The molecule has 0 amide bonds. The fourth-order valence-electron chi connectivity index (χ4n) is 0.759. The normalized spacial score (nSPS) is 8.85. The third kappa shape index (κ3) is 9.54. The van der Waals surface area contributed by atoms with Gasteiger partial charge >= 0.3 is 0 Å². The van der Waals surface area contributed by atoms with Crippen LogP contribution in [-0.4, -0.2) is 5.33 Å². The van der Waals surface area contributed by atoms with E-state index in [9.17, 15) is 4.39 Å². The Morgan fingerprint density at radius 1 is 1.15 bits per heavy atom. The molecule has 0 nitrogen and oxygen atoms in total. The van der Waals surface area contributed by atoms with Crippen LogP contribution in [0.1, 0.15) is 26.2 Å². The molecular formula is C11H16BrF. The van der Waals surface area contributed by atoms with Gasteiger partial charge in [-0.15, -0.1) is 0 Å². The zero-order valence-electron chi connectivity index (χ0n) is 7.97. The second kappa shape index (κ2) is 9.72. The Balaban J connectivity index is 0.000000226. The van der Waals surface area contributed by atoms with Crippen LogP contribution < -0.4 is 0 Å². The maximum Gasteiger partial charge on any atom is 0.123 e. The van der Waals surface area contributed by atoms with Crippen LogP contribution >= 0.6 is 15.9 Å². The summed E-state index contributed by atoms with van der Waals surface area (Å²) in [6, 6.07) is 7.94. The van der Waals surface area contributed by atoms with E-state index in [1.807, 2.05) is 0 Å². The van der Waals surface area contributed by atoms with Gasteiger partial charge in [0.1, 0.15) is 5.82 Å². The number of halogens is 2. The molecule has 1 aromatic rings. The molecule has 0 unspecified atom stereocenters. The summed E-state index contributed by atoms with van der Waals surface area (Å²) in [5, 5.41) is 1.17. The summed E-state index contributed by atoms with van der Waals surface area (Å²) >= 11 is 3.35. The molecule has 1 rings (SSSR count). The van der Waals surface area contributed by atoms with Crippen molar-refractivity contribution in [3.05, 3.63) is 36.1 Å². The molecule has 2 heteroatoms. The highest BCUT2D eigenvalue weighted by Crippen LogP contribution is 1.95. The highest BCUT2D eigenvalue weighted by atomic mass is 79.9. The van der Waals surface area contributed by atoms with E-state index in [0.717, 1.165) is 0 Å². The molecule has 0 aliphatic rings. The fourth-order valence-corrected chi connectivity index (χ4v) is 1.16. The van der Waals surface area contributed by atoms with Gasteiger partial charge < -0.3 is 0 Å². The molecule has 0 aromatic heterocycles. The van der Waals surface area contributed by atoms with Crippen LogP contribution in [0, 0.1) is 5.82 Å². The first-order valence-electron chi connectivity index (χ1n) is 4.57. The maximum atomic E-state index is 11.9. The molecule has 0 heterocycles. The summed E-state index contributed by atoms with van der Waals surface area (Å²) in [5.41, 5.74) is 0. The first-order valence-corrected chi connectivity index (χ1v) is 5.70. The van der Waals surface area contributed by atoms with Crippen LogP contribution in [0.15, 0.2) is 30.3 Å². The molecule has 1 aromatic carbocycles. The lowest BCUT2D eigenvalue weighted by Crippen LogP contribution is -1.70. The number of hydrogen-bond donors (Lipinski definition) is 0. The third-order valence-corrected chi connectivity index (χ3v) is 2.03. The van der Waals surface area contributed by atoms with Crippen LogP contribution in [0.4, 0.5) is 4.39 Å². The van der Waals surface area contributed by atoms with Gasteiger partial charge in [-0.25, -0.2) is 4.39 Å². The third-order valence-electron chi connectivity index (χ3n) is 1.47. The smallest absolute Gasteiger partial charge is 0.123 e. The lowest BCUT2D eigenvalue weighted by Gasteiger charge is -1.85. The summed E-state index contributed by atoms with van der Waals surface area (Å²) in [7, 11) is 0. The van der Waals surface area contributed by atoms with Crippen molar-refractivity contribution in [2.75, 3.05) is 5.33 Å². The highest BCUT2D eigenvalue weighted by Gasteiger charge is 1.77. The van der Waals surface area contributed by atoms with Gasteiger partial charge in [0.15, 0.2) is 0 Å². The number of hydrogen-bond acceptors (Lipinski definition) is 0. The Morgan fingerprint density at radius 2 is 1.77 bits per heavy atom. The number of rotatable bonds is 3. The minimum absolute atomic E-state index is 0.178. The van der Waals surface area contributed by atoms with E-state index in [2.05, 4.69) is 22.9 Å². The topological polar surface area (TPSA) is 0 Å². The van der Waals surface area contributed by atoms with Crippen LogP contribution in [0.25, 0.3) is 0 Å². The number of benzene rings is 1. The molecule has 0 saturated heterocycles. The highest BCUT2D eigenvalue weighted by molar-refractivity contribution is 9.09. The molecule has 0 N–H and O–H groups in total. The van der Waals surface area contributed by atoms with Crippen molar-refractivity contribution in [2.24, 2.45) is 0 Å². The van der Waals surface area contributed by atoms with Crippen molar-refractivity contribution in [3.63, 3.8) is 0 Å². The van der Waals surface area contributed by atoms with E-state index in [0.29, 0.717) is 0 Å². The Labute approximate surface area is 88.3 Å². The number of unbranched alkanes of at least 4 members (excludes halogenated alkanes) is 2. The van der Waals surface area contributed by atoms with Gasteiger partial charge in [0.05, 0.1) is 0 Å². The van der Waals surface area contributed by atoms with E-state index < -0.39 is 0 Å². The Kier molecular flexibility index (Phi) is 9.44. The molecule has 0 radical (unpaired) electrons. The summed E-state index contributed by atoms with van der Waals surface area (Å²) < 4.78 is 11.9. The second-order valence-corrected chi connectivity index (χ2v) is 3.48. The Morgan fingerprint density at radius 3 is 2.00 bits per heavy atom. The monoisotopic (exact) mass is 246 g/mol. The summed E-state index contributed by atoms with van der Waals surface area (Å²) in [5.74, 6) is -0.178. The predicted octanol–water partition coefficient (Wildman–Crippen LogP) is 4.40. The standard InChI is InChI=1S/C6H5F.C5H11Br/c7-6-4-2-1-3-5-6;1-2-3-4-5-6/h1-5H;2-5H2,1H3. The summed E-state index contributed by atoms with van der Waals surface area (Å²) in [6.07, 6.45) is 4.02. The average molecular weight is 247 g/mol. The zero-order valence-corrected chi connectivity index (χ0v) is 9.56. The maximum absolute atomic E-state index is 11.9. The quantitative estimate of drug-likeness (QED) is 0.548. The van der Waals surface area contributed by atoms with Gasteiger partial charge in [0, 0.05) is 5.33 Å². The lowest BCUT2D eigenvalue weighted by atomic mass is 10.3. The summed E-state index contributed by atoms with van der Waals surface area (Å²) in [4.78, 5) is 0. The first kappa shape index (κ1) is 12.6. The SMILES string of the molecule is CCCCCBr.Fc1ccccc1. The van der Waals surface area contributed by atoms with E-state index in [1.54, 1.807) is 18.2 Å². The molecule has 0 spiro atoms. The van der Waals surface area contributed by atoms with E-state index in [-0.39, 0.29) is 5.82 Å². The van der Waals surface area contributed by atoms with E-state index >= 15 is 0 Å². The van der Waals surface area contributed by atoms with Crippen molar-refractivity contribution < 1.29 is 4.39 Å². The zero-order chi connectivity index (χ0) is 9.94. The minimum atomic E-state index is -0.178. The van der Waals surface area contributed by atoms with Crippen molar-refractivity contribution >= 4 is 15.9 Å².